The number of hydrogen-bond donors (Lipinski definition) is 0. The Bertz CT molecular complexity index is 715. The van der Waals surface area contributed by atoms with E-state index in [-0.39, 0.29) is 17.8 Å². The first-order valence-corrected chi connectivity index (χ1v) is 10.1. The lowest BCUT2D eigenvalue weighted by Crippen LogP contribution is -2.43. The fraction of sp³-hybridized carbons (Fsp3) is 0.619. The standard InChI is InChI=1S/C21H30BNO5/c1-6-26-19(25)16-8-7-13-23(14-16)18(24)15-9-11-17(12-10-15)22-27-20(2,3)21(4,5)28-22/h9-12,16H,6-8,13-14H2,1-5H3/t16-/m0/s1. The van der Waals surface area contributed by atoms with Crippen LogP contribution in [-0.2, 0) is 18.8 Å². The van der Waals surface area contributed by atoms with Gasteiger partial charge < -0.3 is 18.9 Å². The Morgan fingerprint density at radius 2 is 1.75 bits per heavy atom. The van der Waals surface area contributed by atoms with Crippen LogP contribution < -0.4 is 5.46 Å². The molecule has 2 heterocycles. The van der Waals surface area contributed by atoms with Crippen molar-refractivity contribution in [2.24, 2.45) is 5.92 Å². The number of carbonyl (C=O) groups excluding carboxylic acids is 2. The van der Waals surface area contributed by atoms with Crippen LogP contribution in [0, 0.1) is 5.92 Å². The van der Waals surface area contributed by atoms with Crippen LogP contribution in [0.2, 0.25) is 0 Å². The van der Waals surface area contributed by atoms with Crippen molar-refractivity contribution in [1.82, 2.24) is 4.90 Å². The SMILES string of the molecule is CCOC(=O)[C@H]1CCCN(C(=O)c2ccc(B3OC(C)(C)C(C)(C)O3)cc2)C1. The quantitative estimate of drug-likeness (QED) is 0.587. The second-order valence-electron chi connectivity index (χ2n) is 8.55. The lowest BCUT2D eigenvalue weighted by Gasteiger charge is -2.32. The van der Waals surface area contributed by atoms with Gasteiger partial charge in [-0.3, -0.25) is 9.59 Å². The Labute approximate surface area is 167 Å². The van der Waals surface area contributed by atoms with E-state index in [1.54, 1.807) is 24.0 Å². The van der Waals surface area contributed by atoms with Crippen LogP contribution >= 0.6 is 0 Å². The average molecular weight is 387 g/mol. The highest BCUT2D eigenvalue weighted by Gasteiger charge is 2.51. The molecule has 0 radical (unpaired) electrons. The predicted molar refractivity (Wildman–Crippen MR) is 107 cm³/mol. The Morgan fingerprint density at radius 3 is 2.32 bits per heavy atom. The van der Waals surface area contributed by atoms with Gasteiger partial charge in [-0.1, -0.05) is 12.1 Å². The maximum atomic E-state index is 12.9. The van der Waals surface area contributed by atoms with Crippen LogP contribution in [0.25, 0.3) is 0 Å². The fourth-order valence-corrected chi connectivity index (χ4v) is 3.56. The molecule has 7 heteroatoms. The minimum Gasteiger partial charge on any atom is -0.466 e. The molecule has 6 nitrogen and oxygen atoms in total. The Morgan fingerprint density at radius 1 is 1.14 bits per heavy atom. The van der Waals surface area contributed by atoms with E-state index in [2.05, 4.69) is 0 Å². The number of likely N-dealkylation sites (tertiary alicyclic amines) is 1. The molecule has 0 aliphatic carbocycles. The highest BCUT2D eigenvalue weighted by Crippen LogP contribution is 2.36. The van der Waals surface area contributed by atoms with Crippen LogP contribution in [0.3, 0.4) is 0 Å². The lowest BCUT2D eigenvalue weighted by molar-refractivity contribution is -0.149. The third kappa shape index (κ3) is 4.10. The Hall–Kier alpha value is -1.86. The van der Waals surface area contributed by atoms with Crippen LogP contribution in [-0.4, -0.2) is 54.8 Å². The van der Waals surface area contributed by atoms with Gasteiger partial charge in [0.2, 0.25) is 0 Å². The van der Waals surface area contributed by atoms with E-state index >= 15 is 0 Å². The fourth-order valence-electron chi connectivity index (χ4n) is 3.56. The van der Waals surface area contributed by atoms with Crippen LogP contribution in [0.5, 0.6) is 0 Å². The number of amides is 1. The van der Waals surface area contributed by atoms with Gasteiger partial charge in [0.15, 0.2) is 0 Å². The van der Waals surface area contributed by atoms with E-state index in [9.17, 15) is 9.59 Å². The molecule has 2 saturated heterocycles. The first-order chi connectivity index (χ1) is 13.1. The molecule has 0 saturated carbocycles. The minimum absolute atomic E-state index is 0.0607. The molecule has 28 heavy (non-hydrogen) atoms. The summed E-state index contributed by atoms with van der Waals surface area (Å²) >= 11 is 0. The molecule has 2 aliphatic heterocycles. The molecule has 2 aliphatic rings. The molecule has 3 rings (SSSR count). The summed E-state index contributed by atoms with van der Waals surface area (Å²) in [6.45, 7) is 11.3. The zero-order valence-corrected chi connectivity index (χ0v) is 17.5. The second kappa shape index (κ2) is 7.87. The van der Waals surface area contributed by atoms with Crippen LogP contribution in [0.4, 0.5) is 0 Å². The number of hydrogen-bond acceptors (Lipinski definition) is 5. The molecule has 2 fully saturated rings. The van der Waals surface area contributed by atoms with Gasteiger partial charge in [0.25, 0.3) is 5.91 Å². The molecule has 1 atom stereocenters. The van der Waals surface area contributed by atoms with Gasteiger partial charge in [0, 0.05) is 18.7 Å². The normalized spacial score (nSPS) is 23.5. The van der Waals surface area contributed by atoms with Crippen molar-refractivity contribution in [3.8, 4) is 0 Å². The molecule has 0 N–H and O–H groups in total. The van der Waals surface area contributed by atoms with Gasteiger partial charge >= 0.3 is 13.1 Å². The summed E-state index contributed by atoms with van der Waals surface area (Å²) < 4.78 is 17.2. The summed E-state index contributed by atoms with van der Waals surface area (Å²) in [5.74, 6) is -0.507. The van der Waals surface area contributed by atoms with E-state index in [1.165, 1.54) is 0 Å². The molecule has 0 bridgehead atoms. The smallest absolute Gasteiger partial charge is 0.466 e. The Kier molecular flexibility index (Phi) is 5.87. The second-order valence-corrected chi connectivity index (χ2v) is 8.55. The Balaban J connectivity index is 1.66. The highest BCUT2D eigenvalue weighted by atomic mass is 16.7. The van der Waals surface area contributed by atoms with Crippen LogP contribution in [0.1, 0.15) is 57.8 Å². The van der Waals surface area contributed by atoms with Crippen molar-refractivity contribution < 1.29 is 23.6 Å². The molecular weight excluding hydrogens is 357 g/mol. The van der Waals surface area contributed by atoms with E-state index in [0.717, 1.165) is 18.3 Å². The van der Waals surface area contributed by atoms with Crippen molar-refractivity contribution in [2.75, 3.05) is 19.7 Å². The number of ether oxygens (including phenoxy) is 1. The number of rotatable bonds is 4. The maximum absolute atomic E-state index is 12.9. The first kappa shape index (κ1) is 20.9. The summed E-state index contributed by atoms with van der Waals surface area (Å²) in [5, 5.41) is 0. The minimum atomic E-state index is -0.447. The van der Waals surface area contributed by atoms with Gasteiger partial charge in [0.1, 0.15) is 0 Å². The molecule has 1 aromatic carbocycles. The molecule has 1 amide bonds. The number of benzene rings is 1. The molecule has 0 aromatic heterocycles. The highest BCUT2D eigenvalue weighted by molar-refractivity contribution is 6.62. The van der Waals surface area contributed by atoms with E-state index < -0.39 is 18.3 Å². The van der Waals surface area contributed by atoms with Crippen molar-refractivity contribution >= 4 is 24.5 Å². The van der Waals surface area contributed by atoms with Gasteiger partial charge in [-0.25, -0.2) is 0 Å². The largest absolute Gasteiger partial charge is 0.494 e. The number of nitrogens with zero attached hydrogens (tertiary/aromatic N) is 1. The molecular formula is C21H30BNO5. The summed E-state index contributed by atoms with van der Waals surface area (Å²) in [6.07, 6.45) is 1.57. The molecule has 0 unspecified atom stereocenters. The number of carbonyl (C=O) groups is 2. The lowest BCUT2D eigenvalue weighted by atomic mass is 9.79. The summed E-state index contributed by atoms with van der Waals surface area (Å²) in [5.41, 5.74) is 0.687. The third-order valence-corrected chi connectivity index (χ3v) is 6.01. The van der Waals surface area contributed by atoms with Crippen molar-refractivity contribution in [3.63, 3.8) is 0 Å². The van der Waals surface area contributed by atoms with Gasteiger partial charge in [-0.2, -0.15) is 0 Å². The van der Waals surface area contributed by atoms with Gasteiger partial charge in [0.05, 0.1) is 23.7 Å². The summed E-state index contributed by atoms with van der Waals surface area (Å²) in [7, 11) is -0.447. The molecule has 152 valence electrons. The van der Waals surface area contributed by atoms with Gasteiger partial charge in [-0.15, -0.1) is 0 Å². The van der Waals surface area contributed by atoms with E-state index in [1.807, 2.05) is 39.8 Å². The predicted octanol–water partition coefficient (Wildman–Crippen LogP) is 2.40. The zero-order valence-electron chi connectivity index (χ0n) is 17.5. The average Bonchev–Trinajstić information content (AvgIpc) is 2.89. The molecule has 0 spiro atoms. The van der Waals surface area contributed by atoms with Crippen molar-refractivity contribution in [2.45, 2.75) is 58.7 Å². The summed E-state index contributed by atoms with van der Waals surface area (Å²) in [6, 6.07) is 7.36. The number of piperidine rings is 1. The zero-order chi connectivity index (χ0) is 20.5. The van der Waals surface area contributed by atoms with Crippen molar-refractivity contribution in [1.29, 1.82) is 0 Å². The van der Waals surface area contributed by atoms with E-state index in [4.69, 9.17) is 14.0 Å². The third-order valence-electron chi connectivity index (χ3n) is 6.01. The maximum Gasteiger partial charge on any atom is 0.494 e. The van der Waals surface area contributed by atoms with Crippen molar-refractivity contribution in [3.05, 3.63) is 29.8 Å². The van der Waals surface area contributed by atoms with E-state index in [0.29, 0.717) is 25.3 Å². The summed E-state index contributed by atoms with van der Waals surface area (Å²) in [4.78, 5) is 26.6. The molecule has 1 aromatic rings. The van der Waals surface area contributed by atoms with Crippen LogP contribution in [0.15, 0.2) is 24.3 Å². The topological polar surface area (TPSA) is 65.1 Å². The first-order valence-electron chi connectivity index (χ1n) is 10.1. The van der Waals surface area contributed by atoms with Gasteiger partial charge in [-0.05, 0) is 65.1 Å². The number of esters is 1. The monoisotopic (exact) mass is 387 g/mol.